The lowest BCUT2D eigenvalue weighted by molar-refractivity contribution is 0.0698. The average Bonchev–Trinajstić information content (AvgIpc) is 2.60. The van der Waals surface area contributed by atoms with E-state index in [0.717, 1.165) is 35.0 Å². The zero-order chi connectivity index (χ0) is 13.4. The van der Waals surface area contributed by atoms with Crippen LogP contribution in [0.2, 0.25) is 0 Å². The van der Waals surface area contributed by atoms with Crippen molar-refractivity contribution in [2.24, 2.45) is 7.05 Å². The lowest BCUT2D eigenvalue weighted by atomic mass is 10.0. The predicted octanol–water partition coefficient (Wildman–Crippen LogP) is 3.31. The Kier molecular flexibility index (Phi) is 3.16. The van der Waals surface area contributed by atoms with Gasteiger partial charge in [0.05, 0.1) is 11.1 Å². The first-order valence-corrected chi connectivity index (χ1v) is 6.35. The van der Waals surface area contributed by atoms with Crippen molar-refractivity contribution in [1.82, 2.24) is 4.57 Å². The highest BCUT2D eigenvalue weighted by molar-refractivity contribution is 6.04. The maximum atomic E-state index is 11.4. The zero-order valence-corrected chi connectivity index (χ0v) is 11.4. The Hall–Kier alpha value is -1.77. The van der Waals surface area contributed by atoms with Gasteiger partial charge in [0, 0.05) is 18.1 Å². The molecule has 18 heavy (non-hydrogen) atoms. The number of carboxylic acids is 1. The fraction of sp³-hybridized carbons (Fsp3) is 0.400. The molecule has 1 aromatic carbocycles. The lowest BCUT2D eigenvalue weighted by Gasteiger charge is -2.05. The summed E-state index contributed by atoms with van der Waals surface area (Å²) in [7, 11) is 1.94. The summed E-state index contributed by atoms with van der Waals surface area (Å²) >= 11 is 0. The number of aromatic nitrogens is 1. The third kappa shape index (κ3) is 1.70. The van der Waals surface area contributed by atoms with E-state index in [1.807, 2.05) is 18.5 Å². The minimum Gasteiger partial charge on any atom is -0.478 e. The number of aryl methyl sites for hydroxylation is 3. The van der Waals surface area contributed by atoms with Gasteiger partial charge in [-0.25, -0.2) is 4.79 Å². The normalized spacial score (nSPS) is 11.1. The maximum absolute atomic E-state index is 11.4. The molecule has 0 fully saturated rings. The molecule has 0 aliphatic carbocycles. The van der Waals surface area contributed by atoms with Crippen LogP contribution < -0.4 is 0 Å². The number of fused-ring (bicyclic) bond motifs is 1. The van der Waals surface area contributed by atoms with Gasteiger partial charge in [-0.15, -0.1) is 0 Å². The van der Waals surface area contributed by atoms with Gasteiger partial charge in [-0.3, -0.25) is 0 Å². The van der Waals surface area contributed by atoms with Crippen LogP contribution in [0.1, 0.15) is 41.0 Å². The molecular weight excluding hydrogens is 226 g/mol. The summed E-state index contributed by atoms with van der Waals surface area (Å²) in [6.07, 6.45) is 1.78. The predicted molar refractivity (Wildman–Crippen MR) is 73.4 cm³/mol. The van der Waals surface area contributed by atoms with E-state index in [9.17, 15) is 9.90 Å². The van der Waals surface area contributed by atoms with Crippen molar-refractivity contribution in [3.05, 3.63) is 34.5 Å². The Labute approximate surface area is 107 Å². The number of hydrogen-bond donors (Lipinski definition) is 1. The standard InChI is InChI=1S/C15H19NO2/c1-5-10-7-12-11(6-2)9(3)16(4)14(12)13(8-10)15(17)18/h7-8H,5-6H2,1-4H3,(H,17,18). The summed E-state index contributed by atoms with van der Waals surface area (Å²) in [5.41, 5.74) is 4.75. The topological polar surface area (TPSA) is 42.2 Å². The Morgan fingerprint density at radius 2 is 1.94 bits per heavy atom. The number of carbonyl (C=O) groups is 1. The molecule has 96 valence electrons. The van der Waals surface area contributed by atoms with Gasteiger partial charge in [-0.05, 0) is 43.0 Å². The molecule has 0 amide bonds. The molecule has 1 N–H and O–H groups in total. The molecule has 0 aliphatic heterocycles. The number of benzene rings is 1. The van der Waals surface area contributed by atoms with E-state index in [-0.39, 0.29) is 0 Å². The van der Waals surface area contributed by atoms with Gasteiger partial charge >= 0.3 is 5.97 Å². The minimum atomic E-state index is -0.849. The summed E-state index contributed by atoms with van der Waals surface area (Å²) in [4.78, 5) is 11.4. The summed E-state index contributed by atoms with van der Waals surface area (Å²) in [5.74, 6) is -0.849. The van der Waals surface area contributed by atoms with Gasteiger partial charge in [0.2, 0.25) is 0 Å². The molecule has 0 radical (unpaired) electrons. The van der Waals surface area contributed by atoms with Crippen molar-refractivity contribution in [3.63, 3.8) is 0 Å². The minimum absolute atomic E-state index is 0.412. The van der Waals surface area contributed by atoms with Crippen molar-refractivity contribution in [2.45, 2.75) is 33.6 Å². The van der Waals surface area contributed by atoms with Crippen LogP contribution in [0.5, 0.6) is 0 Å². The quantitative estimate of drug-likeness (QED) is 0.901. The van der Waals surface area contributed by atoms with Crippen LogP contribution in [-0.4, -0.2) is 15.6 Å². The second-order valence-electron chi connectivity index (χ2n) is 4.67. The molecule has 3 nitrogen and oxygen atoms in total. The van der Waals surface area contributed by atoms with Crippen LogP contribution in [-0.2, 0) is 19.9 Å². The summed E-state index contributed by atoms with van der Waals surface area (Å²) < 4.78 is 2.00. The van der Waals surface area contributed by atoms with E-state index < -0.39 is 5.97 Å². The fourth-order valence-electron chi connectivity index (χ4n) is 2.66. The Bertz CT molecular complexity index is 623. The molecule has 1 aromatic heterocycles. The third-order valence-corrected chi connectivity index (χ3v) is 3.76. The molecule has 0 saturated carbocycles. The van der Waals surface area contributed by atoms with Crippen molar-refractivity contribution >= 4 is 16.9 Å². The number of hydrogen-bond acceptors (Lipinski definition) is 1. The van der Waals surface area contributed by atoms with Gasteiger partial charge in [-0.2, -0.15) is 0 Å². The molecule has 0 unspecified atom stereocenters. The first-order valence-electron chi connectivity index (χ1n) is 6.35. The van der Waals surface area contributed by atoms with Crippen LogP contribution in [0, 0.1) is 6.92 Å². The van der Waals surface area contributed by atoms with E-state index in [2.05, 4.69) is 19.9 Å². The highest BCUT2D eigenvalue weighted by Gasteiger charge is 2.18. The van der Waals surface area contributed by atoms with E-state index in [0.29, 0.717) is 5.56 Å². The summed E-state index contributed by atoms with van der Waals surface area (Å²) in [6, 6.07) is 3.93. The monoisotopic (exact) mass is 245 g/mol. The summed E-state index contributed by atoms with van der Waals surface area (Å²) in [5, 5.41) is 10.5. The van der Waals surface area contributed by atoms with Gasteiger partial charge in [0.15, 0.2) is 0 Å². The Balaban J connectivity index is 2.95. The second kappa shape index (κ2) is 4.48. The van der Waals surface area contributed by atoms with Crippen molar-refractivity contribution in [3.8, 4) is 0 Å². The molecule has 0 saturated heterocycles. The van der Waals surface area contributed by atoms with Crippen LogP contribution >= 0.6 is 0 Å². The van der Waals surface area contributed by atoms with E-state index in [1.54, 1.807) is 6.07 Å². The highest BCUT2D eigenvalue weighted by atomic mass is 16.4. The van der Waals surface area contributed by atoms with Crippen LogP contribution in [0.15, 0.2) is 12.1 Å². The Morgan fingerprint density at radius 1 is 1.28 bits per heavy atom. The third-order valence-electron chi connectivity index (χ3n) is 3.76. The molecule has 0 aliphatic rings. The van der Waals surface area contributed by atoms with Crippen LogP contribution in [0.4, 0.5) is 0 Å². The molecule has 0 atom stereocenters. The van der Waals surface area contributed by atoms with Gasteiger partial charge in [-0.1, -0.05) is 13.8 Å². The Morgan fingerprint density at radius 3 is 2.44 bits per heavy atom. The SMILES string of the molecule is CCc1cc(C(=O)O)c2c(c1)c(CC)c(C)n2C. The summed E-state index contributed by atoms with van der Waals surface area (Å²) in [6.45, 7) is 6.21. The van der Waals surface area contributed by atoms with E-state index >= 15 is 0 Å². The number of rotatable bonds is 3. The largest absolute Gasteiger partial charge is 0.478 e. The zero-order valence-electron chi connectivity index (χ0n) is 11.4. The smallest absolute Gasteiger partial charge is 0.337 e. The molecule has 2 rings (SSSR count). The highest BCUT2D eigenvalue weighted by Crippen LogP contribution is 2.29. The second-order valence-corrected chi connectivity index (χ2v) is 4.67. The van der Waals surface area contributed by atoms with Crippen molar-refractivity contribution in [1.29, 1.82) is 0 Å². The van der Waals surface area contributed by atoms with Gasteiger partial charge < -0.3 is 9.67 Å². The molecule has 0 spiro atoms. The van der Waals surface area contributed by atoms with Crippen molar-refractivity contribution < 1.29 is 9.90 Å². The number of carboxylic acid groups (broad SMARTS) is 1. The maximum Gasteiger partial charge on any atom is 0.337 e. The molecule has 1 heterocycles. The van der Waals surface area contributed by atoms with Crippen LogP contribution in [0.3, 0.4) is 0 Å². The average molecular weight is 245 g/mol. The van der Waals surface area contributed by atoms with Crippen LogP contribution in [0.25, 0.3) is 10.9 Å². The van der Waals surface area contributed by atoms with Gasteiger partial charge in [0.25, 0.3) is 0 Å². The molecular formula is C15H19NO2. The fourth-order valence-corrected chi connectivity index (χ4v) is 2.66. The molecule has 2 aromatic rings. The first-order chi connectivity index (χ1) is 8.51. The van der Waals surface area contributed by atoms with Gasteiger partial charge in [0.1, 0.15) is 0 Å². The van der Waals surface area contributed by atoms with E-state index in [1.165, 1.54) is 5.56 Å². The van der Waals surface area contributed by atoms with E-state index in [4.69, 9.17) is 0 Å². The lowest BCUT2D eigenvalue weighted by Crippen LogP contribution is -2.02. The number of nitrogens with zero attached hydrogens (tertiary/aromatic N) is 1. The number of aromatic carboxylic acids is 1. The van der Waals surface area contributed by atoms with Crippen molar-refractivity contribution in [2.75, 3.05) is 0 Å². The molecule has 3 heteroatoms. The molecule has 0 bridgehead atoms. The first kappa shape index (κ1) is 12.7.